The summed E-state index contributed by atoms with van der Waals surface area (Å²) in [5.41, 5.74) is 0. The Bertz CT molecular complexity index is 422. The summed E-state index contributed by atoms with van der Waals surface area (Å²) in [6.07, 6.45) is 6.63. The molecule has 158 valence electrons. The van der Waals surface area contributed by atoms with Crippen LogP contribution in [-0.2, 0) is 9.47 Å². The van der Waals surface area contributed by atoms with E-state index in [0.29, 0.717) is 31.1 Å². The van der Waals surface area contributed by atoms with E-state index in [-0.39, 0.29) is 0 Å². The number of nitrogens with one attached hydrogen (secondary N) is 1. The lowest BCUT2D eigenvalue weighted by Gasteiger charge is -2.35. The van der Waals surface area contributed by atoms with E-state index in [1.807, 2.05) is 7.05 Å². The van der Waals surface area contributed by atoms with Crippen molar-refractivity contribution in [2.24, 2.45) is 16.8 Å². The Labute approximate surface area is 166 Å². The summed E-state index contributed by atoms with van der Waals surface area (Å²) in [7, 11) is 3.62. The SMILES string of the molecule is CN=C(NCC(C(C)C)N1CCCCCC1)N1CCC(COCCOC)C1. The zero-order valence-electron chi connectivity index (χ0n) is 18.1. The second-order valence-electron chi connectivity index (χ2n) is 8.36. The molecule has 0 bridgehead atoms. The molecular formula is C21H42N4O2. The van der Waals surface area contributed by atoms with Crippen LogP contribution >= 0.6 is 0 Å². The molecule has 0 amide bonds. The molecule has 0 aromatic rings. The Balaban J connectivity index is 1.79. The molecule has 2 saturated heterocycles. The van der Waals surface area contributed by atoms with Gasteiger partial charge in [-0.3, -0.25) is 9.89 Å². The number of guanidine groups is 1. The van der Waals surface area contributed by atoms with Crippen molar-refractivity contribution in [3.05, 3.63) is 0 Å². The Morgan fingerprint density at radius 3 is 2.48 bits per heavy atom. The molecule has 2 unspecified atom stereocenters. The molecule has 2 atom stereocenters. The van der Waals surface area contributed by atoms with Gasteiger partial charge in [0.15, 0.2) is 5.96 Å². The van der Waals surface area contributed by atoms with Crippen LogP contribution in [0.2, 0.25) is 0 Å². The maximum absolute atomic E-state index is 5.72. The number of hydrogen-bond acceptors (Lipinski definition) is 4. The minimum Gasteiger partial charge on any atom is -0.382 e. The van der Waals surface area contributed by atoms with Crippen LogP contribution in [0.1, 0.15) is 46.0 Å². The average Bonchev–Trinajstić information content (AvgIpc) is 2.96. The third-order valence-corrected chi connectivity index (χ3v) is 5.93. The standard InChI is InChI=1S/C21H42N4O2/c1-18(2)20(24-10-7-5-6-8-11-24)15-23-21(22-3)25-12-9-19(16-25)17-27-14-13-26-4/h18-20H,5-17H2,1-4H3,(H,22,23). The molecule has 6 nitrogen and oxygen atoms in total. The van der Waals surface area contributed by atoms with Crippen molar-refractivity contribution in [2.45, 2.75) is 52.0 Å². The topological polar surface area (TPSA) is 49.3 Å². The van der Waals surface area contributed by atoms with Crippen LogP contribution in [0.4, 0.5) is 0 Å². The molecular weight excluding hydrogens is 340 g/mol. The van der Waals surface area contributed by atoms with E-state index in [9.17, 15) is 0 Å². The highest BCUT2D eigenvalue weighted by Gasteiger charge is 2.27. The van der Waals surface area contributed by atoms with Crippen LogP contribution in [0.15, 0.2) is 4.99 Å². The summed E-state index contributed by atoms with van der Waals surface area (Å²) in [5, 5.41) is 3.68. The Morgan fingerprint density at radius 1 is 1.11 bits per heavy atom. The number of aliphatic imine (C=N–C) groups is 1. The van der Waals surface area contributed by atoms with Crippen molar-refractivity contribution in [2.75, 3.05) is 66.7 Å². The second-order valence-corrected chi connectivity index (χ2v) is 8.36. The molecule has 0 saturated carbocycles. The van der Waals surface area contributed by atoms with Gasteiger partial charge in [-0.2, -0.15) is 0 Å². The van der Waals surface area contributed by atoms with Gasteiger partial charge in [-0.25, -0.2) is 0 Å². The molecule has 2 aliphatic heterocycles. The van der Waals surface area contributed by atoms with Crippen molar-refractivity contribution in [3.8, 4) is 0 Å². The van der Waals surface area contributed by atoms with Crippen LogP contribution < -0.4 is 5.32 Å². The molecule has 27 heavy (non-hydrogen) atoms. The van der Waals surface area contributed by atoms with Crippen LogP contribution in [-0.4, -0.2) is 88.5 Å². The molecule has 2 fully saturated rings. The second kappa shape index (κ2) is 12.6. The molecule has 0 aromatic carbocycles. The van der Waals surface area contributed by atoms with Crippen molar-refractivity contribution in [3.63, 3.8) is 0 Å². The van der Waals surface area contributed by atoms with Crippen molar-refractivity contribution >= 4 is 5.96 Å². The predicted molar refractivity (Wildman–Crippen MR) is 112 cm³/mol. The minimum absolute atomic E-state index is 0.579. The van der Waals surface area contributed by atoms with Gasteiger partial charge in [0.25, 0.3) is 0 Å². The van der Waals surface area contributed by atoms with E-state index in [0.717, 1.165) is 32.2 Å². The van der Waals surface area contributed by atoms with Crippen LogP contribution in [0, 0.1) is 11.8 Å². The Hall–Kier alpha value is -0.850. The molecule has 2 rings (SSSR count). The van der Waals surface area contributed by atoms with Gasteiger partial charge in [-0.05, 0) is 38.3 Å². The lowest BCUT2D eigenvalue weighted by molar-refractivity contribution is 0.0536. The zero-order chi connectivity index (χ0) is 19.5. The van der Waals surface area contributed by atoms with E-state index in [2.05, 4.69) is 34.0 Å². The van der Waals surface area contributed by atoms with Crippen LogP contribution in [0.3, 0.4) is 0 Å². The fourth-order valence-electron chi connectivity index (χ4n) is 4.29. The fourth-order valence-corrected chi connectivity index (χ4v) is 4.29. The molecule has 0 aliphatic carbocycles. The average molecular weight is 383 g/mol. The van der Waals surface area contributed by atoms with Crippen molar-refractivity contribution < 1.29 is 9.47 Å². The molecule has 0 aromatic heterocycles. The highest BCUT2D eigenvalue weighted by molar-refractivity contribution is 5.80. The minimum atomic E-state index is 0.579. The third kappa shape index (κ3) is 7.59. The number of ether oxygens (including phenoxy) is 2. The first-order valence-electron chi connectivity index (χ1n) is 10.9. The third-order valence-electron chi connectivity index (χ3n) is 5.93. The van der Waals surface area contributed by atoms with Crippen LogP contribution in [0.5, 0.6) is 0 Å². The molecule has 0 spiro atoms. The first-order chi connectivity index (χ1) is 13.2. The first kappa shape index (κ1) is 22.4. The lowest BCUT2D eigenvalue weighted by Crippen LogP contribution is -2.50. The summed E-state index contributed by atoms with van der Waals surface area (Å²) >= 11 is 0. The highest BCUT2D eigenvalue weighted by Crippen LogP contribution is 2.19. The summed E-state index contributed by atoms with van der Waals surface area (Å²) in [5.74, 6) is 2.29. The summed E-state index contributed by atoms with van der Waals surface area (Å²) in [6, 6.07) is 0.579. The van der Waals surface area contributed by atoms with E-state index < -0.39 is 0 Å². The first-order valence-corrected chi connectivity index (χ1v) is 10.9. The smallest absolute Gasteiger partial charge is 0.193 e. The normalized spacial score (nSPS) is 23.7. The molecule has 1 N–H and O–H groups in total. The van der Waals surface area contributed by atoms with Crippen LogP contribution in [0.25, 0.3) is 0 Å². The number of rotatable bonds is 9. The van der Waals surface area contributed by atoms with Crippen molar-refractivity contribution in [1.82, 2.24) is 15.1 Å². The van der Waals surface area contributed by atoms with Gasteiger partial charge in [-0.1, -0.05) is 26.7 Å². The van der Waals surface area contributed by atoms with Gasteiger partial charge in [0, 0.05) is 45.8 Å². The predicted octanol–water partition coefficient (Wildman–Crippen LogP) is 2.45. The molecule has 2 aliphatic rings. The summed E-state index contributed by atoms with van der Waals surface area (Å²) in [4.78, 5) is 9.66. The fraction of sp³-hybridized carbons (Fsp3) is 0.952. The Morgan fingerprint density at radius 2 is 1.85 bits per heavy atom. The number of likely N-dealkylation sites (tertiary alicyclic amines) is 2. The monoisotopic (exact) mass is 382 g/mol. The van der Waals surface area contributed by atoms with Gasteiger partial charge < -0.3 is 19.7 Å². The van der Waals surface area contributed by atoms with E-state index in [1.54, 1.807) is 7.11 Å². The Kier molecular flexibility index (Phi) is 10.5. The maximum atomic E-state index is 5.72. The zero-order valence-corrected chi connectivity index (χ0v) is 18.1. The molecule has 6 heteroatoms. The van der Waals surface area contributed by atoms with Crippen molar-refractivity contribution in [1.29, 1.82) is 0 Å². The lowest BCUT2D eigenvalue weighted by atomic mass is 10.0. The molecule has 0 radical (unpaired) electrons. The van der Waals surface area contributed by atoms with Gasteiger partial charge in [0.1, 0.15) is 0 Å². The van der Waals surface area contributed by atoms with E-state index in [4.69, 9.17) is 9.47 Å². The van der Waals surface area contributed by atoms with E-state index >= 15 is 0 Å². The highest BCUT2D eigenvalue weighted by atomic mass is 16.5. The van der Waals surface area contributed by atoms with Gasteiger partial charge in [0.2, 0.25) is 0 Å². The number of hydrogen-bond donors (Lipinski definition) is 1. The van der Waals surface area contributed by atoms with Gasteiger partial charge >= 0.3 is 0 Å². The molecule has 2 heterocycles. The summed E-state index contributed by atoms with van der Waals surface area (Å²) in [6.45, 7) is 12.4. The quantitative estimate of drug-likeness (QED) is 0.377. The van der Waals surface area contributed by atoms with Gasteiger partial charge in [-0.15, -0.1) is 0 Å². The van der Waals surface area contributed by atoms with Gasteiger partial charge in [0.05, 0.1) is 19.8 Å². The number of nitrogens with zero attached hydrogens (tertiary/aromatic N) is 3. The largest absolute Gasteiger partial charge is 0.382 e. The summed E-state index contributed by atoms with van der Waals surface area (Å²) < 4.78 is 10.8. The number of methoxy groups -OCH3 is 1. The van der Waals surface area contributed by atoms with E-state index in [1.165, 1.54) is 45.2 Å². The maximum Gasteiger partial charge on any atom is 0.193 e.